The smallest absolute Gasteiger partial charge is 0.239 e. The second kappa shape index (κ2) is 4.70. The molecule has 0 bridgehead atoms. The van der Waals surface area contributed by atoms with Gasteiger partial charge >= 0.3 is 0 Å². The van der Waals surface area contributed by atoms with Crippen molar-refractivity contribution in [1.29, 1.82) is 0 Å². The first kappa shape index (κ1) is 12.2. The summed E-state index contributed by atoms with van der Waals surface area (Å²) in [5.74, 6) is 0.0509. The van der Waals surface area contributed by atoms with Crippen LogP contribution >= 0.6 is 11.6 Å². The maximum absolute atomic E-state index is 11.5. The molecule has 4 nitrogen and oxygen atoms in total. The number of aryl methyl sites for hydroxylation is 1. The van der Waals surface area contributed by atoms with Gasteiger partial charge in [-0.15, -0.1) is 0 Å². The minimum atomic E-state index is 0.0509. The molecule has 1 aliphatic heterocycles. The number of amides is 1. The Hall–Kier alpha value is -1.81. The van der Waals surface area contributed by atoms with Crippen LogP contribution in [-0.4, -0.2) is 30.5 Å². The first-order chi connectivity index (χ1) is 9.15. The highest BCUT2D eigenvalue weighted by molar-refractivity contribution is 6.31. The summed E-state index contributed by atoms with van der Waals surface area (Å²) in [4.78, 5) is 18.0. The van der Waals surface area contributed by atoms with E-state index in [1.807, 2.05) is 25.1 Å². The van der Waals surface area contributed by atoms with Crippen LogP contribution in [0, 0.1) is 6.92 Å². The number of hydrogen-bond donors (Lipinski definition) is 1. The summed E-state index contributed by atoms with van der Waals surface area (Å²) in [5, 5.41) is 4.53. The highest BCUT2D eigenvalue weighted by Crippen LogP contribution is 2.30. The quantitative estimate of drug-likeness (QED) is 0.867. The van der Waals surface area contributed by atoms with E-state index in [1.165, 1.54) is 0 Å². The van der Waals surface area contributed by atoms with Gasteiger partial charge in [-0.3, -0.25) is 9.78 Å². The Morgan fingerprint density at radius 2 is 2.26 bits per heavy atom. The Morgan fingerprint density at radius 3 is 3.05 bits per heavy atom. The highest BCUT2D eigenvalue weighted by Gasteiger charge is 2.19. The third kappa shape index (κ3) is 2.24. The van der Waals surface area contributed by atoms with Crippen molar-refractivity contribution in [3.8, 4) is 0 Å². The predicted molar refractivity (Wildman–Crippen MR) is 76.7 cm³/mol. The van der Waals surface area contributed by atoms with Crippen molar-refractivity contribution in [2.75, 3.05) is 24.5 Å². The number of carbonyl (C=O) groups excluding carboxylic acids is 1. The Bertz CT molecular complexity index is 656. The topological polar surface area (TPSA) is 45.2 Å². The van der Waals surface area contributed by atoms with Gasteiger partial charge in [-0.2, -0.15) is 0 Å². The Morgan fingerprint density at radius 1 is 1.42 bits per heavy atom. The summed E-state index contributed by atoms with van der Waals surface area (Å²) >= 11 is 6.14. The molecular weight excluding hydrogens is 262 g/mol. The van der Waals surface area contributed by atoms with Gasteiger partial charge < -0.3 is 10.2 Å². The molecule has 1 aliphatic rings. The number of fused-ring (bicyclic) bond motifs is 1. The van der Waals surface area contributed by atoms with Gasteiger partial charge in [0.1, 0.15) is 0 Å². The number of halogens is 1. The molecule has 98 valence electrons. The fourth-order valence-corrected chi connectivity index (χ4v) is 2.77. The number of hydrogen-bond acceptors (Lipinski definition) is 3. The van der Waals surface area contributed by atoms with Crippen molar-refractivity contribution in [2.24, 2.45) is 0 Å². The summed E-state index contributed by atoms with van der Waals surface area (Å²) in [6, 6.07) is 5.76. The van der Waals surface area contributed by atoms with Crippen molar-refractivity contribution in [1.82, 2.24) is 10.3 Å². The number of aromatic nitrogens is 1. The van der Waals surface area contributed by atoms with Crippen LogP contribution in [0.15, 0.2) is 24.4 Å². The average Bonchev–Trinajstić information content (AvgIpc) is 2.38. The van der Waals surface area contributed by atoms with Gasteiger partial charge in [-0.1, -0.05) is 11.6 Å². The fraction of sp³-hybridized carbons (Fsp3) is 0.286. The first-order valence-electron chi connectivity index (χ1n) is 6.21. The van der Waals surface area contributed by atoms with Crippen LogP contribution in [0.5, 0.6) is 0 Å². The number of piperazine rings is 1. The van der Waals surface area contributed by atoms with E-state index >= 15 is 0 Å². The number of carbonyl (C=O) groups is 1. The van der Waals surface area contributed by atoms with Crippen LogP contribution in [0.1, 0.15) is 5.56 Å². The normalized spacial score (nSPS) is 15.7. The Labute approximate surface area is 116 Å². The zero-order valence-corrected chi connectivity index (χ0v) is 11.4. The molecule has 0 unspecified atom stereocenters. The standard InChI is InChI=1S/C14H14ClN3O/c1-9-6-10(15)7-11-12(2-3-17-14(9)11)18-5-4-16-13(19)8-18/h2-3,6-7H,4-5,8H2,1H3,(H,16,19). The monoisotopic (exact) mass is 275 g/mol. The minimum Gasteiger partial charge on any atom is -0.360 e. The number of rotatable bonds is 1. The van der Waals surface area contributed by atoms with Gasteiger partial charge in [0.15, 0.2) is 0 Å². The first-order valence-corrected chi connectivity index (χ1v) is 6.59. The van der Waals surface area contributed by atoms with Crippen LogP contribution < -0.4 is 10.2 Å². The third-order valence-corrected chi connectivity index (χ3v) is 3.57. The van der Waals surface area contributed by atoms with Crippen LogP contribution in [0.3, 0.4) is 0 Å². The summed E-state index contributed by atoms with van der Waals surface area (Å²) in [7, 11) is 0. The molecule has 0 atom stereocenters. The van der Waals surface area contributed by atoms with Crippen molar-refractivity contribution < 1.29 is 4.79 Å². The maximum atomic E-state index is 11.5. The van der Waals surface area contributed by atoms with Gasteiger partial charge in [0, 0.05) is 35.4 Å². The zero-order chi connectivity index (χ0) is 13.4. The predicted octanol–water partition coefficient (Wildman–Crippen LogP) is 2.13. The molecule has 19 heavy (non-hydrogen) atoms. The SMILES string of the molecule is Cc1cc(Cl)cc2c(N3CCNC(=O)C3)ccnc12. The summed E-state index contributed by atoms with van der Waals surface area (Å²) < 4.78 is 0. The number of benzene rings is 1. The van der Waals surface area contributed by atoms with Crippen molar-refractivity contribution in [3.63, 3.8) is 0 Å². The minimum absolute atomic E-state index is 0.0509. The molecule has 3 rings (SSSR count). The van der Waals surface area contributed by atoms with Crippen LogP contribution in [0.25, 0.3) is 10.9 Å². The lowest BCUT2D eigenvalue weighted by Crippen LogP contribution is -2.47. The van der Waals surface area contributed by atoms with Gasteiger partial charge in [0.05, 0.1) is 12.1 Å². The fourth-order valence-electron chi connectivity index (χ4n) is 2.49. The molecule has 1 aromatic carbocycles. The van der Waals surface area contributed by atoms with Crippen molar-refractivity contribution in [2.45, 2.75) is 6.92 Å². The largest absolute Gasteiger partial charge is 0.360 e. The van der Waals surface area contributed by atoms with E-state index < -0.39 is 0 Å². The van der Waals surface area contributed by atoms with Gasteiger partial charge in [-0.25, -0.2) is 0 Å². The van der Waals surface area contributed by atoms with Crippen LogP contribution in [0.2, 0.25) is 5.02 Å². The molecule has 0 radical (unpaired) electrons. The van der Waals surface area contributed by atoms with Gasteiger partial charge in [-0.05, 0) is 30.7 Å². The van der Waals surface area contributed by atoms with E-state index in [1.54, 1.807) is 6.20 Å². The van der Waals surface area contributed by atoms with E-state index in [0.717, 1.165) is 28.7 Å². The zero-order valence-electron chi connectivity index (χ0n) is 10.6. The lowest BCUT2D eigenvalue weighted by molar-refractivity contribution is -0.120. The van der Waals surface area contributed by atoms with Crippen LogP contribution in [0.4, 0.5) is 5.69 Å². The molecular formula is C14H14ClN3O. The summed E-state index contributed by atoms with van der Waals surface area (Å²) in [6.45, 7) is 3.84. The highest BCUT2D eigenvalue weighted by atomic mass is 35.5. The van der Waals surface area contributed by atoms with E-state index in [2.05, 4.69) is 15.2 Å². The molecule has 1 fully saturated rings. The van der Waals surface area contributed by atoms with E-state index in [-0.39, 0.29) is 5.91 Å². The maximum Gasteiger partial charge on any atom is 0.239 e. The molecule has 1 N–H and O–H groups in total. The molecule has 1 saturated heterocycles. The lowest BCUT2D eigenvalue weighted by Gasteiger charge is -2.29. The lowest BCUT2D eigenvalue weighted by atomic mass is 10.1. The molecule has 2 aromatic rings. The van der Waals surface area contributed by atoms with E-state index in [4.69, 9.17) is 11.6 Å². The molecule has 1 aromatic heterocycles. The molecule has 2 heterocycles. The summed E-state index contributed by atoms with van der Waals surface area (Å²) in [5.41, 5.74) is 3.00. The second-order valence-corrected chi connectivity index (χ2v) is 5.16. The number of nitrogens with zero attached hydrogens (tertiary/aromatic N) is 2. The molecule has 0 spiro atoms. The molecule has 1 amide bonds. The summed E-state index contributed by atoms with van der Waals surface area (Å²) in [6.07, 6.45) is 1.78. The Kier molecular flexibility index (Phi) is 3.03. The van der Waals surface area contributed by atoms with Crippen molar-refractivity contribution in [3.05, 3.63) is 35.0 Å². The number of nitrogens with one attached hydrogen (secondary N) is 1. The van der Waals surface area contributed by atoms with Crippen molar-refractivity contribution >= 4 is 34.1 Å². The van der Waals surface area contributed by atoms with E-state index in [0.29, 0.717) is 18.1 Å². The molecule has 0 saturated carbocycles. The van der Waals surface area contributed by atoms with Gasteiger partial charge in [0.25, 0.3) is 0 Å². The average molecular weight is 276 g/mol. The molecule has 5 heteroatoms. The van der Waals surface area contributed by atoms with Gasteiger partial charge in [0.2, 0.25) is 5.91 Å². The molecule has 0 aliphatic carbocycles. The van der Waals surface area contributed by atoms with Crippen LogP contribution in [-0.2, 0) is 4.79 Å². The third-order valence-electron chi connectivity index (χ3n) is 3.36. The van der Waals surface area contributed by atoms with E-state index in [9.17, 15) is 4.79 Å². The Balaban J connectivity index is 2.15. The second-order valence-electron chi connectivity index (χ2n) is 4.72. The number of anilines is 1. The number of pyridine rings is 1.